The maximum atomic E-state index is 12.0. The van der Waals surface area contributed by atoms with Crippen LogP contribution in [0.25, 0.3) is 0 Å². The minimum Gasteiger partial charge on any atom is -0.480 e. The van der Waals surface area contributed by atoms with E-state index in [1.165, 1.54) is 4.31 Å². The Balaban J connectivity index is 2.54. The van der Waals surface area contributed by atoms with Gasteiger partial charge in [0.15, 0.2) is 0 Å². The summed E-state index contributed by atoms with van der Waals surface area (Å²) in [7, 11) is -1.44. The highest BCUT2D eigenvalue weighted by Crippen LogP contribution is 2.09. The first-order valence-corrected chi connectivity index (χ1v) is 7.58. The Bertz CT molecular complexity index is 385. The van der Waals surface area contributed by atoms with Crippen LogP contribution in [0.5, 0.6) is 0 Å². The van der Waals surface area contributed by atoms with Crippen LogP contribution in [0.15, 0.2) is 0 Å². The van der Waals surface area contributed by atoms with E-state index in [4.69, 9.17) is 10.8 Å². The number of likely N-dealkylation sites (N-methyl/N-ethyl adjacent to an activating group) is 1. The van der Waals surface area contributed by atoms with Crippen molar-refractivity contribution in [2.45, 2.75) is 18.9 Å². The molecule has 0 aromatic heterocycles. The lowest BCUT2D eigenvalue weighted by molar-refractivity contribution is -0.138. The number of sulfonamides is 1. The highest BCUT2D eigenvalue weighted by atomic mass is 32.2. The second-order valence-electron chi connectivity index (χ2n) is 4.61. The maximum absolute atomic E-state index is 12.0. The van der Waals surface area contributed by atoms with Gasteiger partial charge >= 0.3 is 5.97 Å². The van der Waals surface area contributed by atoms with Crippen molar-refractivity contribution in [3.05, 3.63) is 0 Å². The molecule has 106 valence electrons. The SMILES string of the molecule is CN1CCCN(S(=O)(=O)CCC(N)C(=O)O)CC1. The summed E-state index contributed by atoms with van der Waals surface area (Å²) < 4.78 is 25.5. The van der Waals surface area contributed by atoms with Crippen LogP contribution in [0, 0.1) is 0 Å². The molecular formula is C10H21N3O4S. The number of nitrogens with zero attached hydrogens (tertiary/aromatic N) is 2. The highest BCUT2D eigenvalue weighted by Gasteiger charge is 2.25. The smallest absolute Gasteiger partial charge is 0.320 e. The van der Waals surface area contributed by atoms with Gasteiger partial charge in [0.2, 0.25) is 10.0 Å². The molecule has 0 radical (unpaired) electrons. The Morgan fingerprint density at radius 2 is 2.00 bits per heavy atom. The minimum atomic E-state index is -3.40. The van der Waals surface area contributed by atoms with Crippen molar-refractivity contribution in [3.63, 3.8) is 0 Å². The van der Waals surface area contributed by atoms with Crippen molar-refractivity contribution in [2.24, 2.45) is 5.73 Å². The van der Waals surface area contributed by atoms with E-state index in [9.17, 15) is 13.2 Å². The lowest BCUT2D eigenvalue weighted by Gasteiger charge is -2.20. The van der Waals surface area contributed by atoms with Crippen molar-refractivity contribution in [3.8, 4) is 0 Å². The molecule has 1 atom stereocenters. The van der Waals surface area contributed by atoms with Gasteiger partial charge in [-0.2, -0.15) is 0 Å². The average Bonchev–Trinajstić information content (AvgIpc) is 2.51. The molecule has 1 fully saturated rings. The zero-order valence-electron chi connectivity index (χ0n) is 10.6. The van der Waals surface area contributed by atoms with Crippen LogP contribution in [0.3, 0.4) is 0 Å². The van der Waals surface area contributed by atoms with Crippen LogP contribution in [0.4, 0.5) is 0 Å². The molecule has 18 heavy (non-hydrogen) atoms. The van der Waals surface area contributed by atoms with E-state index in [1.54, 1.807) is 0 Å². The van der Waals surface area contributed by atoms with Gasteiger partial charge in [-0.1, -0.05) is 0 Å². The Hall–Kier alpha value is -0.700. The van der Waals surface area contributed by atoms with E-state index in [0.29, 0.717) is 19.6 Å². The lowest BCUT2D eigenvalue weighted by Crippen LogP contribution is -2.39. The molecule has 8 heteroatoms. The van der Waals surface area contributed by atoms with Gasteiger partial charge in [0.25, 0.3) is 0 Å². The van der Waals surface area contributed by atoms with Crippen molar-refractivity contribution in [1.29, 1.82) is 0 Å². The molecular weight excluding hydrogens is 258 g/mol. The fourth-order valence-electron chi connectivity index (χ4n) is 1.83. The third-order valence-electron chi connectivity index (χ3n) is 3.08. The molecule has 3 N–H and O–H groups in total. The minimum absolute atomic E-state index is 0.0516. The quantitative estimate of drug-likeness (QED) is 0.652. The number of carboxylic acid groups (broad SMARTS) is 1. The zero-order chi connectivity index (χ0) is 13.8. The van der Waals surface area contributed by atoms with Gasteiger partial charge < -0.3 is 15.7 Å². The normalized spacial score (nSPS) is 21.4. The summed E-state index contributed by atoms with van der Waals surface area (Å²) in [4.78, 5) is 12.6. The zero-order valence-corrected chi connectivity index (χ0v) is 11.4. The highest BCUT2D eigenvalue weighted by molar-refractivity contribution is 7.89. The van der Waals surface area contributed by atoms with Gasteiger partial charge in [0.1, 0.15) is 6.04 Å². The van der Waals surface area contributed by atoms with Crippen molar-refractivity contribution in [2.75, 3.05) is 39.0 Å². The number of carboxylic acids is 1. The summed E-state index contributed by atoms with van der Waals surface area (Å²) in [6.07, 6.45) is 0.741. The summed E-state index contributed by atoms with van der Waals surface area (Å²) in [6, 6.07) is -1.12. The van der Waals surface area contributed by atoms with Gasteiger partial charge in [-0.25, -0.2) is 12.7 Å². The fourth-order valence-corrected chi connectivity index (χ4v) is 3.41. The molecule has 1 heterocycles. The third kappa shape index (κ3) is 4.52. The molecule has 0 bridgehead atoms. The Kier molecular flexibility index (Phi) is 5.51. The molecule has 0 aliphatic carbocycles. The Labute approximate surface area is 108 Å². The lowest BCUT2D eigenvalue weighted by atomic mass is 10.2. The monoisotopic (exact) mass is 279 g/mol. The largest absolute Gasteiger partial charge is 0.480 e. The van der Waals surface area contributed by atoms with Crippen LogP contribution in [0.1, 0.15) is 12.8 Å². The Morgan fingerprint density at radius 3 is 2.61 bits per heavy atom. The molecule has 1 aliphatic heterocycles. The third-order valence-corrected chi connectivity index (χ3v) is 4.98. The first-order valence-electron chi connectivity index (χ1n) is 5.97. The second kappa shape index (κ2) is 6.46. The molecule has 1 rings (SSSR count). The van der Waals surface area contributed by atoms with Crippen LogP contribution in [-0.2, 0) is 14.8 Å². The standard InChI is InChI=1S/C10H21N3O4S/c1-12-4-2-5-13(7-6-12)18(16,17)8-3-9(11)10(14)15/h9H,2-8,11H2,1H3,(H,14,15). The topological polar surface area (TPSA) is 104 Å². The Morgan fingerprint density at radius 1 is 1.33 bits per heavy atom. The number of hydrogen-bond donors (Lipinski definition) is 2. The number of aliphatic carboxylic acids is 1. The average molecular weight is 279 g/mol. The van der Waals surface area contributed by atoms with Gasteiger partial charge in [-0.3, -0.25) is 4.79 Å². The molecule has 0 aromatic rings. The predicted molar refractivity (Wildman–Crippen MR) is 67.7 cm³/mol. The van der Waals surface area contributed by atoms with Gasteiger partial charge in [0, 0.05) is 19.6 Å². The van der Waals surface area contributed by atoms with Crippen molar-refractivity contribution in [1.82, 2.24) is 9.21 Å². The second-order valence-corrected chi connectivity index (χ2v) is 6.69. The number of carbonyl (C=O) groups is 1. The van der Waals surface area contributed by atoms with Crippen molar-refractivity contribution >= 4 is 16.0 Å². The number of nitrogens with two attached hydrogens (primary N) is 1. The van der Waals surface area contributed by atoms with Crippen LogP contribution in [-0.4, -0.2) is 73.7 Å². The van der Waals surface area contributed by atoms with E-state index < -0.39 is 22.0 Å². The summed E-state index contributed by atoms with van der Waals surface area (Å²) in [6.45, 7) is 2.53. The summed E-state index contributed by atoms with van der Waals surface area (Å²) >= 11 is 0. The molecule has 1 saturated heterocycles. The maximum Gasteiger partial charge on any atom is 0.320 e. The summed E-state index contributed by atoms with van der Waals surface area (Å²) in [5.74, 6) is -1.37. The molecule has 0 saturated carbocycles. The van der Waals surface area contributed by atoms with Crippen molar-refractivity contribution < 1.29 is 18.3 Å². The van der Waals surface area contributed by atoms with E-state index in [2.05, 4.69) is 4.90 Å². The number of rotatable bonds is 5. The van der Waals surface area contributed by atoms with Crippen LogP contribution in [0.2, 0.25) is 0 Å². The van der Waals surface area contributed by atoms with E-state index in [-0.39, 0.29) is 12.2 Å². The molecule has 0 spiro atoms. The molecule has 7 nitrogen and oxygen atoms in total. The molecule has 0 aromatic carbocycles. The van der Waals surface area contributed by atoms with E-state index >= 15 is 0 Å². The van der Waals surface area contributed by atoms with Crippen LogP contribution < -0.4 is 5.73 Å². The molecule has 1 unspecified atom stereocenters. The van der Waals surface area contributed by atoms with Gasteiger partial charge in [-0.15, -0.1) is 0 Å². The summed E-state index contributed by atoms with van der Waals surface area (Å²) in [5, 5.41) is 8.63. The van der Waals surface area contributed by atoms with E-state index in [0.717, 1.165) is 13.0 Å². The first-order chi connectivity index (χ1) is 8.33. The number of hydrogen-bond acceptors (Lipinski definition) is 5. The first kappa shape index (κ1) is 15.4. The van der Waals surface area contributed by atoms with E-state index in [1.807, 2.05) is 7.05 Å². The summed E-state index contributed by atoms with van der Waals surface area (Å²) in [5.41, 5.74) is 5.32. The molecule has 1 aliphatic rings. The van der Waals surface area contributed by atoms with Crippen LogP contribution >= 0.6 is 0 Å². The predicted octanol–water partition coefficient (Wildman–Crippen LogP) is -1.24. The molecule has 0 amide bonds. The van der Waals surface area contributed by atoms with Gasteiger partial charge in [0.05, 0.1) is 5.75 Å². The van der Waals surface area contributed by atoms with Gasteiger partial charge in [-0.05, 0) is 26.4 Å². The fraction of sp³-hybridized carbons (Fsp3) is 0.900.